The molecule has 72 valence electrons. The second kappa shape index (κ2) is 4.17. The Morgan fingerprint density at radius 2 is 2.08 bits per heavy atom. The number of nitrogens with zero attached hydrogens (tertiary/aromatic N) is 1. The zero-order valence-corrected chi connectivity index (χ0v) is 8.89. The normalized spacial score (nSPS) is 9.85. The molecule has 2 nitrogen and oxygen atoms in total. The summed E-state index contributed by atoms with van der Waals surface area (Å²) in [5.41, 5.74) is 3.79. The Morgan fingerprint density at radius 1 is 1.38 bits per heavy atom. The summed E-state index contributed by atoms with van der Waals surface area (Å²) >= 11 is 0. The molecule has 0 aromatic heterocycles. The lowest BCUT2D eigenvalue weighted by Gasteiger charge is -2.21. The van der Waals surface area contributed by atoms with Gasteiger partial charge >= 0.3 is 0 Å². The molecule has 0 bridgehead atoms. The van der Waals surface area contributed by atoms with E-state index in [0.29, 0.717) is 0 Å². The van der Waals surface area contributed by atoms with Crippen LogP contribution in [-0.2, 0) is 0 Å². The van der Waals surface area contributed by atoms with Gasteiger partial charge in [0.15, 0.2) is 0 Å². The van der Waals surface area contributed by atoms with Crippen LogP contribution in [0.25, 0.3) is 0 Å². The van der Waals surface area contributed by atoms with E-state index in [1.807, 2.05) is 7.05 Å². The van der Waals surface area contributed by atoms with Gasteiger partial charge in [-0.15, -0.1) is 0 Å². The standard InChI is InChI=1S/C11H18N2/c1-5-13(4)10-8-6-7-9(2)11(10)12-3/h6-8,12H,5H2,1-4H3. The van der Waals surface area contributed by atoms with Gasteiger partial charge in [-0.05, 0) is 25.5 Å². The molecule has 13 heavy (non-hydrogen) atoms. The van der Waals surface area contributed by atoms with E-state index < -0.39 is 0 Å². The third-order valence-electron chi connectivity index (χ3n) is 2.39. The van der Waals surface area contributed by atoms with E-state index in [2.05, 4.69) is 49.3 Å². The first-order chi connectivity index (χ1) is 6.20. The highest BCUT2D eigenvalue weighted by atomic mass is 15.1. The Hall–Kier alpha value is -1.18. The van der Waals surface area contributed by atoms with Gasteiger partial charge in [-0.25, -0.2) is 0 Å². The van der Waals surface area contributed by atoms with Gasteiger partial charge in [0, 0.05) is 20.6 Å². The van der Waals surface area contributed by atoms with Crippen molar-refractivity contribution in [2.24, 2.45) is 0 Å². The van der Waals surface area contributed by atoms with Gasteiger partial charge in [-0.1, -0.05) is 12.1 Å². The molecule has 0 unspecified atom stereocenters. The van der Waals surface area contributed by atoms with Crippen molar-refractivity contribution in [2.75, 3.05) is 30.9 Å². The third-order valence-corrected chi connectivity index (χ3v) is 2.39. The molecule has 0 saturated carbocycles. The number of benzene rings is 1. The lowest BCUT2D eigenvalue weighted by atomic mass is 10.1. The summed E-state index contributed by atoms with van der Waals surface area (Å²) in [5, 5.41) is 3.24. The summed E-state index contributed by atoms with van der Waals surface area (Å²) in [7, 11) is 4.07. The summed E-state index contributed by atoms with van der Waals surface area (Å²) in [6, 6.07) is 6.36. The van der Waals surface area contributed by atoms with Crippen LogP contribution in [0.4, 0.5) is 11.4 Å². The minimum Gasteiger partial charge on any atom is -0.386 e. The molecular weight excluding hydrogens is 160 g/mol. The molecule has 0 fully saturated rings. The van der Waals surface area contributed by atoms with Crippen molar-refractivity contribution >= 4 is 11.4 Å². The Kier molecular flexibility index (Phi) is 3.18. The fraction of sp³-hybridized carbons (Fsp3) is 0.455. The number of aryl methyl sites for hydroxylation is 1. The summed E-state index contributed by atoms with van der Waals surface area (Å²) in [6.45, 7) is 5.30. The molecule has 0 aliphatic carbocycles. The maximum atomic E-state index is 3.24. The maximum absolute atomic E-state index is 3.24. The minimum absolute atomic E-state index is 1.03. The molecule has 1 aromatic carbocycles. The number of hydrogen-bond acceptors (Lipinski definition) is 2. The van der Waals surface area contributed by atoms with Crippen LogP contribution >= 0.6 is 0 Å². The van der Waals surface area contributed by atoms with Crippen molar-refractivity contribution in [1.82, 2.24) is 0 Å². The molecule has 0 radical (unpaired) electrons. The van der Waals surface area contributed by atoms with Crippen molar-refractivity contribution in [3.63, 3.8) is 0 Å². The van der Waals surface area contributed by atoms with E-state index in [9.17, 15) is 0 Å². The van der Waals surface area contributed by atoms with Crippen LogP contribution in [0, 0.1) is 6.92 Å². The van der Waals surface area contributed by atoms with E-state index in [0.717, 1.165) is 6.54 Å². The highest BCUT2D eigenvalue weighted by Gasteiger charge is 2.05. The van der Waals surface area contributed by atoms with Crippen LogP contribution in [0.15, 0.2) is 18.2 Å². The van der Waals surface area contributed by atoms with Gasteiger partial charge in [0.25, 0.3) is 0 Å². The van der Waals surface area contributed by atoms with Gasteiger partial charge in [-0.2, -0.15) is 0 Å². The van der Waals surface area contributed by atoms with Crippen LogP contribution in [0.2, 0.25) is 0 Å². The molecule has 0 aliphatic rings. The van der Waals surface area contributed by atoms with Crippen LogP contribution in [-0.4, -0.2) is 20.6 Å². The Labute approximate surface area is 80.6 Å². The molecule has 0 saturated heterocycles. The molecule has 0 atom stereocenters. The number of hydrogen-bond donors (Lipinski definition) is 1. The minimum atomic E-state index is 1.03. The van der Waals surface area contributed by atoms with E-state index in [1.165, 1.54) is 16.9 Å². The maximum Gasteiger partial charge on any atom is 0.0605 e. The lowest BCUT2D eigenvalue weighted by molar-refractivity contribution is 0.967. The summed E-state index contributed by atoms with van der Waals surface area (Å²) in [5.74, 6) is 0. The largest absolute Gasteiger partial charge is 0.386 e. The number of rotatable bonds is 3. The first-order valence-electron chi connectivity index (χ1n) is 4.69. The zero-order chi connectivity index (χ0) is 9.84. The Morgan fingerprint density at radius 3 is 2.62 bits per heavy atom. The van der Waals surface area contributed by atoms with Crippen molar-refractivity contribution in [3.8, 4) is 0 Å². The summed E-state index contributed by atoms with van der Waals surface area (Å²) in [6.07, 6.45) is 0. The molecule has 1 aromatic rings. The fourth-order valence-electron chi connectivity index (χ4n) is 1.47. The number of nitrogens with one attached hydrogen (secondary N) is 1. The zero-order valence-electron chi connectivity index (χ0n) is 8.89. The van der Waals surface area contributed by atoms with E-state index >= 15 is 0 Å². The summed E-state index contributed by atoms with van der Waals surface area (Å²) in [4.78, 5) is 2.23. The molecule has 1 N–H and O–H groups in total. The molecule has 0 amide bonds. The first kappa shape index (κ1) is 9.90. The highest BCUT2D eigenvalue weighted by Crippen LogP contribution is 2.27. The predicted molar refractivity (Wildman–Crippen MR) is 59.7 cm³/mol. The van der Waals surface area contributed by atoms with Crippen LogP contribution in [0.5, 0.6) is 0 Å². The smallest absolute Gasteiger partial charge is 0.0605 e. The third kappa shape index (κ3) is 1.94. The van der Waals surface area contributed by atoms with E-state index in [4.69, 9.17) is 0 Å². The van der Waals surface area contributed by atoms with Crippen molar-refractivity contribution in [1.29, 1.82) is 0 Å². The highest BCUT2D eigenvalue weighted by molar-refractivity contribution is 5.72. The predicted octanol–water partition coefficient (Wildman–Crippen LogP) is 2.49. The van der Waals surface area contributed by atoms with Crippen molar-refractivity contribution < 1.29 is 0 Å². The van der Waals surface area contributed by atoms with E-state index in [-0.39, 0.29) is 0 Å². The quantitative estimate of drug-likeness (QED) is 0.765. The molecule has 0 aliphatic heterocycles. The van der Waals surface area contributed by atoms with Crippen molar-refractivity contribution in [3.05, 3.63) is 23.8 Å². The van der Waals surface area contributed by atoms with Gasteiger partial charge in [-0.3, -0.25) is 0 Å². The van der Waals surface area contributed by atoms with Gasteiger partial charge in [0.05, 0.1) is 11.4 Å². The molecule has 0 spiro atoms. The fourth-order valence-corrected chi connectivity index (χ4v) is 1.47. The second-order valence-corrected chi connectivity index (χ2v) is 3.23. The van der Waals surface area contributed by atoms with Crippen LogP contribution in [0.3, 0.4) is 0 Å². The second-order valence-electron chi connectivity index (χ2n) is 3.23. The lowest BCUT2D eigenvalue weighted by Crippen LogP contribution is -2.17. The molecule has 1 rings (SSSR count). The first-order valence-corrected chi connectivity index (χ1v) is 4.69. The van der Waals surface area contributed by atoms with E-state index in [1.54, 1.807) is 0 Å². The molecule has 2 heteroatoms. The molecular formula is C11H18N2. The average molecular weight is 178 g/mol. The molecule has 0 heterocycles. The average Bonchev–Trinajstić information content (AvgIpc) is 2.16. The monoisotopic (exact) mass is 178 g/mol. The van der Waals surface area contributed by atoms with Gasteiger partial charge in [0.2, 0.25) is 0 Å². The topological polar surface area (TPSA) is 15.3 Å². The number of anilines is 2. The van der Waals surface area contributed by atoms with Gasteiger partial charge < -0.3 is 10.2 Å². The Bertz CT molecular complexity index is 281. The van der Waals surface area contributed by atoms with Crippen LogP contribution < -0.4 is 10.2 Å². The number of para-hydroxylation sites is 1. The summed E-state index contributed by atoms with van der Waals surface area (Å²) < 4.78 is 0. The SMILES string of the molecule is CCN(C)c1cccc(C)c1NC. The van der Waals surface area contributed by atoms with Crippen LogP contribution in [0.1, 0.15) is 12.5 Å². The van der Waals surface area contributed by atoms with Gasteiger partial charge in [0.1, 0.15) is 0 Å². The Balaban J connectivity index is 3.12. The van der Waals surface area contributed by atoms with Crippen molar-refractivity contribution in [2.45, 2.75) is 13.8 Å².